The molecule has 0 amide bonds. The molecule has 5 nitrogen and oxygen atoms in total. The fourth-order valence-electron chi connectivity index (χ4n) is 3.63. The summed E-state index contributed by atoms with van der Waals surface area (Å²) < 4.78 is 0. The van der Waals surface area contributed by atoms with Gasteiger partial charge in [-0.1, -0.05) is 11.6 Å². The van der Waals surface area contributed by atoms with Gasteiger partial charge in [0.25, 0.3) is 0 Å². The smallest absolute Gasteiger partial charge is 0.337 e. The molecule has 2 aliphatic rings. The van der Waals surface area contributed by atoms with Crippen LogP contribution in [-0.4, -0.2) is 53.7 Å². The van der Waals surface area contributed by atoms with Gasteiger partial charge < -0.3 is 14.9 Å². The van der Waals surface area contributed by atoms with Crippen molar-refractivity contribution in [2.45, 2.75) is 25.3 Å². The number of hydrogen-bond donors (Lipinski definition) is 1. The van der Waals surface area contributed by atoms with Crippen LogP contribution in [0, 0.1) is 5.92 Å². The molecule has 1 aromatic rings. The number of aromatic carboxylic acids is 1. The van der Waals surface area contributed by atoms with Crippen LogP contribution in [0.5, 0.6) is 0 Å². The van der Waals surface area contributed by atoms with Gasteiger partial charge in [-0.15, -0.1) is 0 Å². The van der Waals surface area contributed by atoms with Gasteiger partial charge in [-0.2, -0.15) is 0 Å². The van der Waals surface area contributed by atoms with Crippen LogP contribution in [0.2, 0.25) is 5.02 Å². The van der Waals surface area contributed by atoms with Crippen molar-refractivity contribution >= 4 is 23.4 Å². The quantitative estimate of drug-likeness (QED) is 0.909. The second-order valence-electron chi connectivity index (χ2n) is 6.01. The maximum atomic E-state index is 11.2. The third-order valence-electron chi connectivity index (χ3n) is 4.74. The Morgan fingerprint density at radius 1 is 1.43 bits per heavy atom. The van der Waals surface area contributed by atoms with E-state index >= 15 is 0 Å². The number of aromatic nitrogens is 1. The first kappa shape index (κ1) is 14.6. The number of anilines is 1. The predicted molar refractivity (Wildman–Crippen MR) is 82.2 cm³/mol. The lowest BCUT2D eigenvalue weighted by Crippen LogP contribution is -2.52. The minimum atomic E-state index is -1.00. The van der Waals surface area contributed by atoms with Gasteiger partial charge in [-0.3, -0.25) is 0 Å². The van der Waals surface area contributed by atoms with Crippen LogP contribution in [0.1, 0.15) is 29.6 Å². The van der Waals surface area contributed by atoms with E-state index in [1.54, 1.807) is 6.07 Å². The maximum Gasteiger partial charge on any atom is 0.337 e. The molecule has 2 aliphatic heterocycles. The molecule has 3 rings (SSSR count). The number of fused-ring (bicyclic) bond motifs is 1. The molecule has 1 N–H and O–H groups in total. The normalized spacial score (nSPS) is 26.5. The average Bonchev–Trinajstić information content (AvgIpc) is 2.47. The summed E-state index contributed by atoms with van der Waals surface area (Å²) >= 11 is 5.89. The molecule has 6 heteroatoms. The van der Waals surface area contributed by atoms with Crippen molar-refractivity contribution in [3.05, 3.63) is 22.8 Å². The van der Waals surface area contributed by atoms with Crippen molar-refractivity contribution in [3.63, 3.8) is 0 Å². The third-order valence-corrected chi connectivity index (χ3v) is 5.04. The van der Waals surface area contributed by atoms with Crippen molar-refractivity contribution < 1.29 is 9.90 Å². The number of nitrogens with zero attached hydrogens (tertiary/aromatic N) is 3. The van der Waals surface area contributed by atoms with Crippen LogP contribution in [0.4, 0.5) is 5.82 Å². The predicted octanol–water partition coefficient (Wildman–Crippen LogP) is 2.35. The molecule has 0 aromatic carbocycles. The van der Waals surface area contributed by atoms with Gasteiger partial charge in [-0.25, -0.2) is 9.78 Å². The SMILES string of the molecule is CN1CCCC2CN(c3cc(C(=O)O)c(Cl)cn3)CCC21. The van der Waals surface area contributed by atoms with Crippen LogP contribution < -0.4 is 4.90 Å². The van der Waals surface area contributed by atoms with E-state index in [1.165, 1.54) is 25.6 Å². The topological polar surface area (TPSA) is 56.7 Å². The van der Waals surface area contributed by atoms with Crippen molar-refractivity contribution in [2.24, 2.45) is 5.92 Å². The van der Waals surface area contributed by atoms with Crippen LogP contribution in [-0.2, 0) is 0 Å². The van der Waals surface area contributed by atoms with Crippen molar-refractivity contribution in [1.29, 1.82) is 0 Å². The van der Waals surface area contributed by atoms with Crippen LogP contribution in [0.3, 0.4) is 0 Å². The van der Waals surface area contributed by atoms with Crippen LogP contribution >= 0.6 is 11.6 Å². The first-order valence-corrected chi connectivity index (χ1v) is 7.78. The molecule has 0 radical (unpaired) electrons. The van der Waals surface area contributed by atoms with Gasteiger partial charge in [0.15, 0.2) is 0 Å². The molecule has 0 saturated carbocycles. The molecule has 2 atom stereocenters. The number of piperidine rings is 2. The highest BCUT2D eigenvalue weighted by molar-refractivity contribution is 6.33. The minimum absolute atomic E-state index is 0.129. The standard InChI is InChI=1S/C15H20ClN3O2/c1-18-5-2-3-10-9-19(6-4-13(10)18)14-7-11(15(20)21)12(16)8-17-14/h7-8,10,13H,2-6,9H2,1H3,(H,20,21). The molecular weight excluding hydrogens is 290 g/mol. The second kappa shape index (κ2) is 5.81. The summed E-state index contributed by atoms with van der Waals surface area (Å²) in [4.78, 5) is 20.2. The number of carboxylic acid groups (broad SMARTS) is 1. The molecule has 114 valence electrons. The Balaban J connectivity index is 1.79. The zero-order chi connectivity index (χ0) is 15.0. The lowest BCUT2D eigenvalue weighted by Gasteiger charge is -2.46. The van der Waals surface area contributed by atoms with E-state index in [9.17, 15) is 9.90 Å². The number of rotatable bonds is 2. The molecule has 2 fully saturated rings. The highest BCUT2D eigenvalue weighted by Crippen LogP contribution is 2.32. The zero-order valence-electron chi connectivity index (χ0n) is 12.1. The van der Waals surface area contributed by atoms with E-state index in [0.717, 1.165) is 25.3 Å². The summed E-state index contributed by atoms with van der Waals surface area (Å²) in [5.74, 6) is 0.364. The monoisotopic (exact) mass is 309 g/mol. The zero-order valence-corrected chi connectivity index (χ0v) is 12.9. The Hall–Kier alpha value is -1.33. The molecule has 3 heterocycles. The Bertz CT molecular complexity index is 552. The number of pyridine rings is 1. The van der Waals surface area contributed by atoms with E-state index in [0.29, 0.717) is 12.0 Å². The van der Waals surface area contributed by atoms with Gasteiger partial charge in [-0.05, 0) is 44.8 Å². The number of halogens is 1. The second-order valence-corrected chi connectivity index (χ2v) is 6.42. The van der Waals surface area contributed by atoms with Crippen molar-refractivity contribution in [3.8, 4) is 0 Å². The number of carbonyl (C=O) groups is 1. The Labute approximate surface area is 129 Å². The largest absolute Gasteiger partial charge is 0.478 e. The number of likely N-dealkylation sites (tertiary alicyclic amines) is 1. The molecule has 2 unspecified atom stereocenters. The van der Waals surface area contributed by atoms with E-state index in [-0.39, 0.29) is 10.6 Å². The molecule has 2 saturated heterocycles. The van der Waals surface area contributed by atoms with Crippen molar-refractivity contribution in [1.82, 2.24) is 9.88 Å². The Morgan fingerprint density at radius 2 is 2.24 bits per heavy atom. The summed E-state index contributed by atoms with van der Waals surface area (Å²) in [5, 5.41) is 9.37. The third kappa shape index (κ3) is 2.85. The first-order chi connectivity index (χ1) is 10.1. The van der Waals surface area contributed by atoms with Gasteiger partial charge in [0.05, 0.1) is 10.6 Å². The maximum absolute atomic E-state index is 11.2. The number of hydrogen-bond acceptors (Lipinski definition) is 4. The lowest BCUT2D eigenvalue weighted by atomic mass is 9.84. The van der Waals surface area contributed by atoms with Gasteiger partial charge in [0, 0.05) is 25.3 Å². The highest BCUT2D eigenvalue weighted by Gasteiger charge is 2.34. The van der Waals surface area contributed by atoms with E-state index in [4.69, 9.17) is 11.6 Å². The van der Waals surface area contributed by atoms with Gasteiger partial charge in [0.2, 0.25) is 0 Å². The van der Waals surface area contributed by atoms with E-state index in [2.05, 4.69) is 21.8 Å². The molecule has 0 spiro atoms. The summed E-state index contributed by atoms with van der Waals surface area (Å²) in [6, 6.07) is 2.25. The summed E-state index contributed by atoms with van der Waals surface area (Å²) in [5.41, 5.74) is 0.129. The molecule has 0 aliphatic carbocycles. The molecular formula is C15H20ClN3O2. The molecule has 21 heavy (non-hydrogen) atoms. The Kier molecular flexibility index (Phi) is 4.04. The van der Waals surface area contributed by atoms with Crippen LogP contribution in [0.15, 0.2) is 12.3 Å². The summed E-state index contributed by atoms with van der Waals surface area (Å²) in [6.45, 7) is 3.05. The number of carboxylic acids is 1. The highest BCUT2D eigenvalue weighted by atomic mass is 35.5. The van der Waals surface area contributed by atoms with Gasteiger partial charge >= 0.3 is 5.97 Å². The first-order valence-electron chi connectivity index (χ1n) is 7.40. The van der Waals surface area contributed by atoms with E-state index < -0.39 is 5.97 Å². The lowest BCUT2D eigenvalue weighted by molar-refractivity contribution is 0.0697. The molecule has 1 aromatic heterocycles. The fourth-order valence-corrected chi connectivity index (χ4v) is 3.81. The summed E-state index contributed by atoms with van der Waals surface area (Å²) in [6.07, 6.45) is 5.03. The van der Waals surface area contributed by atoms with Crippen molar-refractivity contribution in [2.75, 3.05) is 31.6 Å². The minimum Gasteiger partial charge on any atom is -0.478 e. The summed E-state index contributed by atoms with van der Waals surface area (Å²) in [7, 11) is 2.20. The molecule has 0 bridgehead atoms. The van der Waals surface area contributed by atoms with Crippen LogP contribution in [0.25, 0.3) is 0 Å². The fraction of sp³-hybridized carbons (Fsp3) is 0.600. The van der Waals surface area contributed by atoms with Gasteiger partial charge in [0.1, 0.15) is 5.82 Å². The Morgan fingerprint density at radius 3 is 3.00 bits per heavy atom. The average molecular weight is 310 g/mol. The van der Waals surface area contributed by atoms with E-state index in [1.807, 2.05) is 0 Å².